The lowest BCUT2D eigenvalue weighted by Gasteiger charge is -2.05. The van der Waals surface area contributed by atoms with Crippen molar-refractivity contribution in [2.45, 2.75) is 12.8 Å². The van der Waals surface area contributed by atoms with Crippen molar-refractivity contribution in [3.05, 3.63) is 53.6 Å². The number of hydrogen-bond donors (Lipinski definition) is 3. The summed E-state index contributed by atoms with van der Waals surface area (Å²) in [5.74, 6) is 0.130. The van der Waals surface area contributed by atoms with Gasteiger partial charge in [-0.3, -0.25) is 9.59 Å². The number of benzene rings is 2. The Kier molecular flexibility index (Phi) is 5.17. The van der Waals surface area contributed by atoms with E-state index in [0.29, 0.717) is 22.6 Å². The Morgan fingerprint density at radius 3 is 2.54 bits per heavy atom. The number of rotatable bonds is 6. The van der Waals surface area contributed by atoms with Crippen molar-refractivity contribution in [2.75, 3.05) is 12.4 Å². The molecule has 2 aromatic carbocycles. The molecule has 1 saturated carbocycles. The molecule has 1 aliphatic rings. The van der Waals surface area contributed by atoms with Gasteiger partial charge in [-0.1, -0.05) is 0 Å². The maximum Gasteiger partial charge on any atom is 0.271 e. The van der Waals surface area contributed by atoms with Crippen molar-refractivity contribution in [2.24, 2.45) is 11.0 Å². The first-order valence-corrected chi connectivity index (χ1v) is 8.18. The molecule has 26 heavy (non-hydrogen) atoms. The van der Waals surface area contributed by atoms with E-state index in [1.807, 2.05) is 0 Å². The monoisotopic (exact) mass is 353 g/mol. The quantitative estimate of drug-likeness (QED) is 0.549. The molecule has 0 spiro atoms. The van der Waals surface area contributed by atoms with Crippen LogP contribution in [0.4, 0.5) is 5.69 Å². The summed E-state index contributed by atoms with van der Waals surface area (Å²) in [7, 11) is 1.46. The van der Waals surface area contributed by atoms with E-state index in [9.17, 15) is 14.7 Å². The number of ether oxygens (including phenoxy) is 1. The molecule has 1 fully saturated rings. The van der Waals surface area contributed by atoms with Gasteiger partial charge in [-0.05, 0) is 60.9 Å². The van der Waals surface area contributed by atoms with E-state index in [2.05, 4.69) is 15.8 Å². The molecule has 2 aromatic rings. The fourth-order valence-electron chi connectivity index (χ4n) is 2.31. The number of carbonyl (C=O) groups excluding carboxylic acids is 2. The van der Waals surface area contributed by atoms with Crippen LogP contribution < -0.4 is 15.5 Å². The second kappa shape index (κ2) is 7.69. The molecular weight excluding hydrogens is 334 g/mol. The number of nitrogens with zero attached hydrogens (tertiary/aromatic N) is 1. The maximum atomic E-state index is 12.1. The minimum absolute atomic E-state index is 0.00777. The van der Waals surface area contributed by atoms with Crippen LogP contribution in [0, 0.1) is 5.92 Å². The molecule has 7 heteroatoms. The maximum absolute atomic E-state index is 12.1. The summed E-state index contributed by atoms with van der Waals surface area (Å²) < 4.78 is 4.96. The third-order valence-corrected chi connectivity index (χ3v) is 3.95. The Morgan fingerprint density at radius 2 is 1.92 bits per heavy atom. The first-order chi connectivity index (χ1) is 12.6. The Bertz CT molecular complexity index is 842. The average molecular weight is 353 g/mol. The predicted molar refractivity (Wildman–Crippen MR) is 97.5 cm³/mol. The van der Waals surface area contributed by atoms with Crippen molar-refractivity contribution < 1.29 is 19.4 Å². The predicted octanol–water partition coefficient (Wildman–Crippen LogP) is 2.51. The molecular formula is C19H19N3O4. The minimum atomic E-state index is -0.376. The summed E-state index contributed by atoms with van der Waals surface area (Å²) in [6.45, 7) is 0. The second-order valence-corrected chi connectivity index (χ2v) is 5.97. The van der Waals surface area contributed by atoms with Gasteiger partial charge in [-0.15, -0.1) is 0 Å². The molecule has 0 unspecified atom stereocenters. The van der Waals surface area contributed by atoms with Gasteiger partial charge >= 0.3 is 0 Å². The lowest BCUT2D eigenvalue weighted by molar-refractivity contribution is -0.117. The minimum Gasteiger partial charge on any atom is -0.504 e. The number of amides is 2. The van der Waals surface area contributed by atoms with Crippen molar-refractivity contribution in [1.29, 1.82) is 0 Å². The normalized spacial score (nSPS) is 13.4. The largest absolute Gasteiger partial charge is 0.504 e. The number of hydrazone groups is 1. The summed E-state index contributed by atoms with van der Waals surface area (Å²) >= 11 is 0. The zero-order valence-corrected chi connectivity index (χ0v) is 14.2. The molecule has 2 amide bonds. The Labute approximate surface area is 150 Å². The van der Waals surface area contributed by atoms with Crippen LogP contribution in [0.3, 0.4) is 0 Å². The smallest absolute Gasteiger partial charge is 0.271 e. The molecule has 1 aliphatic carbocycles. The SMILES string of the molecule is COc1ccc(C=NNC(=O)c2ccc(NC(=O)C3CC3)cc2)cc1O. The van der Waals surface area contributed by atoms with E-state index in [4.69, 9.17) is 4.74 Å². The van der Waals surface area contributed by atoms with Crippen molar-refractivity contribution in [3.8, 4) is 11.5 Å². The molecule has 0 heterocycles. The highest BCUT2D eigenvalue weighted by molar-refractivity contribution is 5.97. The zero-order valence-electron chi connectivity index (χ0n) is 14.2. The first-order valence-electron chi connectivity index (χ1n) is 8.18. The van der Waals surface area contributed by atoms with Gasteiger partial charge in [0.05, 0.1) is 13.3 Å². The number of anilines is 1. The topological polar surface area (TPSA) is 100 Å². The first kappa shape index (κ1) is 17.5. The Hall–Kier alpha value is -3.35. The Morgan fingerprint density at radius 1 is 1.19 bits per heavy atom. The highest BCUT2D eigenvalue weighted by atomic mass is 16.5. The third-order valence-electron chi connectivity index (χ3n) is 3.95. The van der Waals surface area contributed by atoms with Crippen LogP contribution in [-0.4, -0.2) is 30.2 Å². The van der Waals surface area contributed by atoms with Crippen LogP contribution in [0.1, 0.15) is 28.8 Å². The molecule has 7 nitrogen and oxygen atoms in total. The van der Waals surface area contributed by atoms with Crippen LogP contribution in [0.15, 0.2) is 47.6 Å². The summed E-state index contributed by atoms with van der Waals surface area (Å²) in [5.41, 5.74) is 4.11. The third kappa shape index (κ3) is 4.38. The Balaban J connectivity index is 1.55. The summed E-state index contributed by atoms with van der Waals surface area (Å²) in [4.78, 5) is 23.8. The van der Waals surface area contributed by atoms with Crippen LogP contribution in [0.2, 0.25) is 0 Å². The van der Waals surface area contributed by atoms with E-state index in [-0.39, 0.29) is 23.5 Å². The fraction of sp³-hybridized carbons (Fsp3) is 0.211. The van der Waals surface area contributed by atoms with Gasteiger partial charge < -0.3 is 15.2 Å². The number of methoxy groups -OCH3 is 1. The number of phenols is 1. The molecule has 0 bridgehead atoms. The number of hydrogen-bond acceptors (Lipinski definition) is 5. The number of carbonyl (C=O) groups is 2. The van der Waals surface area contributed by atoms with Gasteiger partial charge in [0, 0.05) is 17.2 Å². The molecule has 0 aliphatic heterocycles. The van der Waals surface area contributed by atoms with Gasteiger partial charge in [0.15, 0.2) is 11.5 Å². The van der Waals surface area contributed by atoms with E-state index >= 15 is 0 Å². The van der Waals surface area contributed by atoms with Crippen molar-refractivity contribution in [3.63, 3.8) is 0 Å². The average Bonchev–Trinajstić information content (AvgIpc) is 3.47. The van der Waals surface area contributed by atoms with E-state index in [0.717, 1.165) is 12.8 Å². The molecule has 134 valence electrons. The van der Waals surface area contributed by atoms with E-state index in [1.165, 1.54) is 19.4 Å². The molecule has 0 radical (unpaired) electrons. The van der Waals surface area contributed by atoms with Gasteiger partial charge in [-0.2, -0.15) is 5.10 Å². The lowest BCUT2D eigenvalue weighted by Crippen LogP contribution is -2.18. The van der Waals surface area contributed by atoms with Gasteiger partial charge in [0.25, 0.3) is 5.91 Å². The number of phenolic OH excluding ortho intramolecular Hbond substituents is 1. The standard InChI is InChI=1S/C19H19N3O4/c1-26-17-9-2-12(10-16(17)23)11-20-22-19(25)14-5-7-15(8-6-14)21-18(24)13-3-4-13/h2,5-11,13,23H,3-4H2,1H3,(H,21,24)(H,22,25). The summed E-state index contributed by atoms with van der Waals surface area (Å²) in [5, 5.41) is 16.4. The highest BCUT2D eigenvalue weighted by Gasteiger charge is 2.29. The molecule has 3 rings (SSSR count). The van der Waals surface area contributed by atoms with Crippen LogP contribution in [-0.2, 0) is 4.79 Å². The number of aromatic hydroxyl groups is 1. The summed E-state index contributed by atoms with van der Waals surface area (Å²) in [6, 6.07) is 11.4. The second-order valence-electron chi connectivity index (χ2n) is 5.97. The van der Waals surface area contributed by atoms with Gasteiger partial charge in [0.2, 0.25) is 5.91 Å². The highest BCUT2D eigenvalue weighted by Crippen LogP contribution is 2.30. The van der Waals surface area contributed by atoms with Crippen LogP contribution >= 0.6 is 0 Å². The summed E-state index contributed by atoms with van der Waals surface area (Å²) in [6.07, 6.45) is 3.30. The molecule has 3 N–H and O–H groups in total. The fourth-order valence-corrected chi connectivity index (χ4v) is 2.31. The van der Waals surface area contributed by atoms with Crippen molar-refractivity contribution >= 4 is 23.7 Å². The zero-order chi connectivity index (χ0) is 18.5. The molecule has 0 atom stereocenters. The van der Waals surface area contributed by atoms with Crippen LogP contribution in [0.5, 0.6) is 11.5 Å². The lowest BCUT2D eigenvalue weighted by atomic mass is 10.2. The molecule has 0 saturated heterocycles. The van der Waals surface area contributed by atoms with E-state index in [1.54, 1.807) is 36.4 Å². The number of nitrogens with one attached hydrogen (secondary N) is 2. The molecule has 0 aromatic heterocycles. The van der Waals surface area contributed by atoms with Crippen molar-refractivity contribution in [1.82, 2.24) is 5.43 Å². The van der Waals surface area contributed by atoms with Gasteiger partial charge in [0.1, 0.15) is 0 Å². The van der Waals surface area contributed by atoms with E-state index < -0.39 is 0 Å². The van der Waals surface area contributed by atoms with Crippen LogP contribution in [0.25, 0.3) is 0 Å². The van der Waals surface area contributed by atoms with Gasteiger partial charge in [-0.25, -0.2) is 5.43 Å².